The van der Waals surface area contributed by atoms with Gasteiger partial charge in [0.15, 0.2) is 0 Å². The van der Waals surface area contributed by atoms with Gasteiger partial charge in [0.1, 0.15) is 10.8 Å². The molecule has 0 aliphatic rings. The van der Waals surface area contributed by atoms with Crippen LogP contribution < -0.4 is 10.2 Å². The number of hydrazone groups is 1. The smallest absolute Gasteiger partial charge is 0.343 e. The Labute approximate surface area is 175 Å². The van der Waals surface area contributed by atoms with Gasteiger partial charge in [0.25, 0.3) is 11.6 Å². The number of hydrogen-bond acceptors (Lipinski definition) is 6. The van der Waals surface area contributed by atoms with Crippen molar-refractivity contribution in [3.63, 3.8) is 0 Å². The average Bonchev–Trinajstić information content (AvgIpc) is 2.75. The molecule has 0 atom stereocenters. The van der Waals surface area contributed by atoms with Crippen LogP contribution in [0.2, 0.25) is 5.02 Å². The highest BCUT2D eigenvalue weighted by molar-refractivity contribution is 6.32. The molecule has 3 aromatic rings. The molecular weight excluding hydrogens is 410 g/mol. The Morgan fingerprint density at radius 3 is 2.37 bits per heavy atom. The predicted molar refractivity (Wildman–Crippen MR) is 111 cm³/mol. The number of nitro benzene ring substituents is 1. The lowest BCUT2D eigenvalue weighted by atomic mass is 10.2. The lowest BCUT2D eigenvalue weighted by Crippen LogP contribution is -2.17. The topological polar surface area (TPSA) is 111 Å². The van der Waals surface area contributed by atoms with Gasteiger partial charge in [-0.05, 0) is 54.1 Å². The fraction of sp³-hybridized carbons (Fsp3) is 0. The van der Waals surface area contributed by atoms with E-state index in [2.05, 4.69) is 10.5 Å². The van der Waals surface area contributed by atoms with Crippen LogP contribution in [0.3, 0.4) is 0 Å². The Hall–Kier alpha value is -4.04. The third-order valence-electron chi connectivity index (χ3n) is 3.88. The van der Waals surface area contributed by atoms with Gasteiger partial charge in [-0.2, -0.15) is 5.10 Å². The number of nitrogens with one attached hydrogen (secondary N) is 1. The monoisotopic (exact) mass is 423 g/mol. The Bertz CT molecular complexity index is 1120. The van der Waals surface area contributed by atoms with Crippen molar-refractivity contribution < 1.29 is 19.2 Å². The lowest BCUT2D eigenvalue weighted by molar-refractivity contribution is -0.384. The number of hydrogen-bond donors (Lipinski definition) is 1. The number of amides is 1. The minimum atomic E-state index is -0.672. The second kappa shape index (κ2) is 9.44. The highest BCUT2D eigenvalue weighted by atomic mass is 35.5. The number of rotatable bonds is 6. The van der Waals surface area contributed by atoms with Crippen LogP contribution in [0.25, 0.3) is 0 Å². The second-order valence-corrected chi connectivity index (χ2v) is 6.35. The maximum atomic E-state index is 12.1. The molecule has 0 bridgehead atoms. The van der Waals surface area contributed by atoms with Crippen LogP contribution in [0, 0.1) is 10.1 Å². The molecule has 9 heteroatoms. The van der Waals surface area contributed by atoms with Crippen LogP contribution in [0.5, 0.6) is 5.75 Å². The normalized spacial score (nSPS) is 10.6. The Morgan fingerprint density at radius 1 is 1.00 bits per heavy atom. The van der Waals surface area contributed by atoms with Crippen LogP contribution in [-0.4, -0.2) is 23.0 Å². The average molecular weight is 424 g/mol. The quantitative estimate of drug-likeness (QED) is 0.210. The Morgan fingerprint density at radius 2 is 1.70 bits per heavy atom. The highest BCUT2D eigenvalue weighted by Crippen LogP contribution is 2.25. The number of halogens is 1. The van der Waals surface area contributed by atoms with Gasteiger partial charge in [-0.25, -0.2) is 10.2 Å². The molecular formula is C21H14ClN3O5. The molecule has 0 aliphatic heterocycles. The largest absolute Gasteiger partial charge is 0.423 e. The molecule has 1 N–H and O–H groups in total. The lowest BCUT2D eigenvalue weighted by Gasteiger charge is -2.04. The molecule has 0 radical (unpaired) electrons. The summed E-state index contributed by atoms with van der Waals surface area (Å²) in [6.45, 7) is 0. The van der Waals surface area contributed by atoms with Gasteiger partial charge >= 0.3 is 5.97 Å². The predicted octanol–water partition coefficient (Wildman–Crippen LogP) is 4.23. The molecule has 0 saturated carbocycles. The zero-order chi connectivity index (χ0) is 21.5. The van der Waals surface area contributed by atoms with Crippen LogP contribution >= 0.6 is 11.6 Å². The van der Waals surface area contributed by atoms with Crippen molar-refractivity contribution in [2.24, 2.45) is 5.10 Å². The van der Waals surface area contributed by atoms with E-state index in [1.54, 1.807) is 54.6 Å². The standard InChI is InChI=1S/C21H14ClN3O5/c22-18-11-8-16(12-19(18)25(28)29)20(26)24-23-13-14-6-9-17(10-7-14)30-21(27)15-4-2-1-3-5-15/h1-13H,(H,24,26)/b23-13-. The summed E-state index contributed by atoms with van der Waals surface area (Å²) in [6.07, 6.45) is 1.38. The third kappa shape index (κ3) is 5.27. The van der Waals surface area contributed by atoms with E-state index in [-0.39, 0.29) is 16.3 Å². The van der Waals surface area contributed by atoms with Gasteiger partial charge in [-0.15, -0.1) is 0 Å². The summed E-state index contributed by atoms with van der Waals surface area (Å²) in [7, 11) is 0. The molecule has 0 aliphatic carbocycles. The first kappa shape index (κ1) is 20.7. The molecule has 8 nitrogen and oxygen atoms in total. The fourth-order valence-electron chi connectivity index (χ4n) is 2.39. The molecule has 3 aromatic carbocycles. The number of nitro groups is 1. The van der Waals surface area contributed by atoms with E-state index in [4.69, 9.17) is 16.3 Å². The van der Waals surface area contributed by atoms with Gasteiger partial charge in [0, 0.05) is 11.6 Å². The molecule has 0 unspecified atom stereocenters. The van der Waals surface area contributed by atoms with E-state index < -0.39 is 16.8 Å². The van der Waals surface area contributed by atoms with Gasteiger partial charge in [-0.3, -0.25) is 14.9 Å². The first-order valence-electron chi connectivity index (χ1n) is 8.58. The van der Waals surface area contributed by atoms with Crippen LogP contribution in [0.15, 0.2) is 77.9 Å². The molecule has 0 heterocycles. The molecule has 0 fully saturated rings. The number of nitrogens with zero attached hydrogens (tertiary/aromatic N) is 2. The summed E-state index contributed by atoms with van der Waals surface area (Å²) in [6, 6.07) is 18.8. The van der Waals surface area contributed by atoms with Crippen LogP contribution in [0.1, 0.15) is 26.3 Å². The van der Waals surface area contributed by atoms with Gasteiger partial charge in [0.05, 0.1) is 16.7 Å². The SMILES string of the molecule is O=C(N/N=C\c1ccc(OC(=O)c2ccccc2)cc1)c1ccc(Cl)c([N+](=O)[O-])c1. The maximum absolute atomic E-state index is 12.1. The van der Waals surface area contributed by atoms with Crippen LogP contribution in [0.4, 0.5) is 5.69 Å². The van der Waals surface area contributed by atoms with Crippen molar-refractivity contribution >= 4 is 35.4 Å². The molecule has 3 rings (SSSR count). The number of benzene rings is 3. The molecule has 0 aromatic heterocycles. The van der Waals surface area contributed by atoms with Crippen molar-refractivity contribution in [3.8, 4) is 5.75 Å². The summed E-state index contributed by atoms with van der Waals surface area (Å²) in [5, 5.41) is 14.7. The van der Waals surface area contributed by atoms with E-state index in [1.165, 1.54) is 18.3 Å². The summed E-state index contributed by atoms with van der Waals surface area (Å²) < 4.78 is 5.28. The fourth-order valence-corrected chi connectivity index (χ4v) is 2.57. The van der Waals surface area contributed by atoms with Crippen molar-refractivity contribution in [2.75, 3.05) is 0 Å². The molecule has 0 spiro atoms. The van der Waals surface area contributed by atoms with Crippen molar-refractivity contribution in [3.05, 3.63) is 105 Å². The molecule has 1 amide bonds. The minimum absolute atomic E-state index is 0.0476. The van der Waals surface area contributed by atoms with E-state index in [0.29, 0.717) is 16.9 Å². The summed E-state index contributed by atoms with van der Waals surface area (Å²) >= 11 is 5.73. The van der Waals surface area contributed by atoms with Crippen molar-refractivity contribution in [1.82, 2.24) is 5.43 Å². The second-order valence-electron chi connectivity index (χ2n) is 5.95. The minimum Gasteiger partial charge on any atom is -0.423 e. The number of carbonyl (C=O) groups excluding carboxylic acids is 2. The third-order valence-corrected chi connectivity index (χ3v) is 4.20. The number of ether oxygens (including phenoxy) is 1. The number of esters is 1. The Kier molecular flexibility index (Phi) is 6.51. The maximum Gasteiger partial charge on any atom is 0.343 e. The summed E-state index contributed by atoms with van der Waals surface area (Å²) in [4.78, 5) is 34.3. The summed E-state index contributed by atoms with van der Waals surface area (Å²) in [5.74, 6) is -0.737. The van der Waals surface area contributed by atoms with Crippen LogP contribution in [-0.2, 0) is 0 Å². The molecule has 150 valence electrons. The van der Waals surface area contributed by atoms with Gasteiger partial charge in [0.2, 0.25) is 0 Å². The first-order chi connectivity index (χ1) is 14.4. The van der Waals surface area contributed by atoms with E-state index in [0.717, 1.165) is 6.07 Å². The summed E-state index contributed by atoms with van der Waals surface area (Å²) in [5.41, 5.74) is 3.04. The van der Waals surface area contributed by atoms with Gasteiger partial charge in [-0.1, -0.05) is 29.8 Å². The number of carbonyl (C=O) groups is 2. The highest BCUT2D eigenvalue weighted by Gasteiger charge is 2.16. The van der Waals surface area contributed by atoms with E-state index >= 15 is 0 Å². The first-order valence-corrected chi connectivity index (χ1v) is 8.96. The zero-order valence-electron chi connectivity index (χ0n) is 15.3. The molecule has 30 heavy (non-hydrogen) atoms. The Balaban J connectivity index is 1.59. The van der Waals surface area contributed by atoms with E-state index in [9.17, 15) is 19.7 Å². The van der Waals surface area contributed by atoms with Crippen molar-refractivity contribution in [1.29, 1.82) is 0 Å². The van der Waals surface area contributed by atoms with Crippen molar-refractivity contribution in [2.45, 2.75) is 0 Å². The zero-order valence-corrected chi connectivity index (χ0v) is 16.1. The van der Waals surface area contributed by atoms with E-state index in [1.807, 2.05) is 0 Å². The van der Waals surface area contributed by atoms with Gasteiger partial charge < -0.3 is 4.74 Å². The molecule has 0 saturated heterocycles.